The van der Waals surface area contributed by atoms with Crippen LogP contribution >= 0.6 is 0 Å². The molecule has 0 fully saturated rings. The summed E-state index contributed by atoms with van der Waals surface area (Å²) in [6.45, 7) is 11.4. The van der Waals surface area contributed by atoms with Gasteiger partial charge >= 0.3 is 5.69 Å². The molecule has 31 heavy (non-hydrogen) atoms. The minimum absolute atomic E-state index is 0.0642. The Bertz CT molecular complexity index is 1040. The van der Waals surface area contributed by atoms with Crippen molar-refractivity contribution in [2.75, 3.05) is 13.1 Å². The van der Waals surface area contributed by atoms with Gasteiger partial charge in [0.15, 0.2) is 5.96 Å². The molecule has 2 aromatic heterocycles. The van der Waals surface area contributed by atoms with Crippen molar-refractivity contribution in [1.82, 2.24) is 19.9 Å². The maximum absolute atomic E-state index is 14.4. The number of fused-ring (bicyclic) bond motifs is 1. The molecule has 3 rings (SSSR count). The van der Waals surface area contributed by atoms with Crippen molar-refractivity contribution < 1.29 is 4.39 Å². The van der Waals surface area contributed by atoms with Gasteiger partial charge in [-0.15, -0.1) is 0 Å². The summed E-state index contributed by atoms with van der Waals surface area (Å²) >= 11 is 0. The number of aromatic nitrogens is 3. The highest BCUT2D eigenvalue weighted by Gasteiger charge is 2.09. The molecule has 0 radical (unpaired) electrons. The van der Waals surface area contributed by atoms with E-state index in [9.17, 15) is 9.18 Å². The number of hydrogen-bond acceptors (Lipinski definition) is 4. The van der Waals surface area contributed by atoms with E-state index in [1.54, 1.807) is 18.3 Å². The van der Waals surface area contributed by atoms with Crippen LogP contribution in [0.1, 0.15) is 45.4 Å². The molecule has 0 aliphatic carbocycles. The van der Waals surface area contributed by atoms with Crippen LogP contribution in [0, 0.1) is 12.7 Å². The lowest BCUT2D eigenvalue weighted by atomic mass is 10.2. The first-order chi connectivity index (χ1) is 14.9. The first-order valence-electron chi connectivity index (χ1n) is 10.6. The number of hydrogen-bond donors (Lipinski definition) is 4. The maximum Gasteiger partial charge on any atom is 0.354 e. The van der Waals surface area contributed by atoms with Crippen molar-refractivity contribution in [3.05, 3.63) is 58.0 Å². The van der Waals surface area contributed by atoms with Crippen LogP contribution < -0.4 is 22.5 Å². The number of aromatic amines is 1. The van der Waals surface area contributed by atoms with Gasteiger partial charge in [0, 0.05) is 35.9 Å². The summed E-state index contributed by atoms with van der Waals surface area (Å²) in [5.41, 5.74) is 12.4. The second-order valence-corrected chi connectivity index (χ2v) is 6.26. The maximum atomic E-state index is 14.4. The zero-order chi connectivity index (χ0) is 23.4. The summed E-state index contributed by atoms with van der Waals surface area (Å²) in [4.78, 5) is 23.1. The third-order valence-corrected chi connectivity index (χ3v) is 4.08. The molecule has 0 bridgehead atoms. The normalized spacial score (nSPS) is 10.0. The van der Waals surface area contributed by atoms with Crippen molar-refractivity contribution >= 4 is 17.0 Å². The highest BCUT2D eigenvalue weighted by atomic mass is 19.1. The van der Waals surface area contributed by atoms with Gasteiger partial charge < -0.3 is 21.8 Å². The molecule has 0 saturated carbocycles. The van der Waals surface area contributed by atoms with Gasteiger partial charge in [0.05, 0.1) is 5.69 Å². The number of nitrogens with zero attached hydrogens (tertiary/aromatic N) is 3. The molecule has 1 aromatic carbocycles. The Labute approximate surface area is 182 Å². The number of nitrogens with one attached hydrogen (secondary N) is 2. The van der Waals surface area contributed by atoms with E-state index >= 15 is 0 Å². The van der Waals surface area contributed by atoms with Crippen LogP contribution in [-0.4, -0.2) is 33.6 Å². The first-order valence-corrected chi connectivity index (χ1v) is 10.6. The Hall–Kier alpha value is -3.20. The summed E-state index contributed by atoms with van der Waals surface area (Å²) in [5, 5.41) is 3.93. The molecule has 3 aromatic rings. The number of guanidine groups is 1. The van der Waals surface area contributed by atoms with Crippen LogP contribution in [0.3, 0.4) is 0 Å². The molecule has 170 valence electrons. The zero-order valence-electron chi connectivity index (χ0n) is 19.0. The van der Waals surface area contributed by atoms with Crippen molar-refractivity contribution in [2.24, 2.45) is 16.5 Å². The van der Waals surface area contributed by atoms with Crippen LogP contribution in [0.25, 0.3) is 16.7 Å². The lowest BCUT2D eigenvalue weighted by molar-refractivity contribution is 0.582. The Morgan fingerprint density at radius 2 is 1.94 bits per heavy atom. The predicted molar refractivity (Wildman–Crippen MR) is 126 cm³/mol. The highest BCUT2D eigenvalue weighted by Crippen LogP contribution is 2.16. The van der Waals surface area contributed by atoms with Crippen LogP contribution in [0.15, 0.2) is 40.2 Å². The van der Waals surface area contributed by atoms with E-state index in [1.165, 1.54) is 10.6 Å². The lowest BCUT2D eigenvalue weighted by Crippen LogP contribution is -2.23. The largest absolute Gasteiger partial charge is 0.370 e. The van der Waals surface area contributed by atoms with E-state index in [-0.39, 0.29) is 11.8 Å². The van der Waals surface area contributed by atoms with Gasteiger partial charge in [-0.05, 0) is 38.1 Å². The summed E-state index contributed by atoms with van der Waals surface area (Å²) in [5.74, 6) is -0.323. The Morgan fingerprint density at radius 1 is 1.23 bits per heavy atom. The number of aryl methyl sites for hydroxylation is 1. The standard InChI is InChI=1S/C18H22FN7O.2C2H6/c1-11-7-13-10-26(18(27)25-16(13)24-11)14-4-3-12(15(19)8-14)9-22-5-2-6-23-17(20)21;2*1-2/h3-4,7-8,10,22H,2,5-6,9H2,1H3,(H4,20,21,23)(H,24,25,27);2*1-2H3. The first kappa shape index (κ1) is 25.8. The number of benzene rings is 1. The molecule has 0 atom stereocenters. The molecule has 6 N–H and O–H groups in total. The summed E-state index contributed by atoms with van der Waals surface area (Å²) in [6, 6.07) is 6.58. The molecule has 2 heterocycles. The average molecular weight is 432 g/mol. The fraction of sp³-hybridized carbons (Fsp3) is 0.409. The quantitative estimate of drug-likeness (QED) is 0.260. The molecular weight excluding hydrogens is 397 g/mol. The molecular formula is C22H34FN7O. The molecule has 0 aliphatic rings. The van der Waals surface area contributed by atoms with Crippen LogP contribution in [-0.2, 0) is 6.54 Å². The van der Waals surface area contributed by atoms with Crippen LogP contribution in [0.4, 0.5) is 4.39 Å². The Balaban J connectivity index is 0.00000113. The third-order valence-electron chi connectivity index (χ3n) is 4.08. The van der Waals surface area contributed by atoms with Gasteiger partial charge in [0.25, 0.3) is 0 Å². The van der Waals surface area contributed by atoms with Gasteiger partial charge in [-0.3, -0.25) is 9.56 Å². The van der Waals surface area contributed by atoms with E-state index in [0.29, 0.717) is 36.5 Å². The van der Waals surface area contributed by atoms with E-state index in [4.69, 9.17) is 11.5 Å². The molecule has 0 unspecified atom stereocenters. The van der Waals surface area contributed by atoms with E-state index in [0.717, 1.165) is 17.5 Å². The average Bonchev–Trinajstić information content (AvgIpc) is 3.12. The van der Waals surface area contributed by atoms with Gasteiger partial charge in [-0.1, -0.05) is 33.8 Å². The number of H-pyrrole nitrogens is 1. The summed E-state index contributed by atoms with van der Waals surface area (Å²) in [7, 11) is 0. The number of halogens is 1. The van der Waals surface area contributed by atoms with Crippen LogP contribution in [0.5, 0.6) is 0 Å². The summed E-state index contributed by atoms with van der Waals surface area (Å²) in [6.07, 6.45) is 2.40. The van der Waals surface area contributed by atoms with Gasteiger partial charge in [-0.25, -0.2) is 9.18 Å². The monoisotopic (exact) mass is 431 g/mol. The minimum atomic E-state index is -0.464. The second kappa shape index (κ2) is 13.2. The second-order valence-electron chi connectivity index (χ2n) is 6.26. The van der Waals surface area contributed by atoms with Gasteiger partial charge in [-0.2, -0.15) is 4.98 Å². The molecule has 0 saturated heterocycles. The molecule has 8 nitrogen and oxygen atoms in total. The Kier molecular flexibility index (Phi) is 11.0. The van der Waals surface area contributed by atoms with Gasteiger partial charge in [0.1, 0.15) is 11.5 Å². The minimum Gasteiger partial charge on any atom is -0.370 e. The molecule has 0 amide bonds. The SMILES string of the molecule is CC.CC.Cc1cc2cn(-c3ccc(CNCCCN=C(N)N)c(F)c3)c(=O)nc2[nH]1. The summed E-state index contributed by atoms with van der Waals surface area (Å²) < 4.78 is 15.8. The fourth-order valence-electron chi connectivity index (χ4n) is 2.78. The fourth-order valence-corrected chi connectivity index (χ4v) is 2.78. The predicted octanol–water partition coefficient (Wildman–Crippen LogP) is 2.97. The van der Waals surface area contributed by atoms with E-state index in [2.05, 4.69) is 20.3 Å². The molecule has 0 aliphatic heterocycles. The van der Waals surface area contributed by atoms with Crippen molar-refractivity contribution in [3.8, 4) is 5.69 Å². The van der Waals surface area contributed by atoms with E-state index < -0.39 is 5.69 Å². The van der Waals surface area contributed by atoms with Crippen molar-refractivity contribution in [1.29, 1.82) is 0 Å². The van der Waals surface area contributed by atoms with Crippen LogP contribution in [0.2, 0.25) is 0 Å². The number of nitrogens with two attached hydrogens (primary N) is 2. The van der Waals surface area contributed by atoms with Crippen molar-refractivity contribution in [3.63, 3.8) is 0 Å². The lowest BCUT2D eigenvalue weighted by Gasteiger charge is -2.09. The molecule has 9 heteroatoms. The van der Waals surface area contributed by atoms with Gasteiger partial charge in [0.2, 0.25) is 0 Å². The topological polar surface area (TPSA) is 127 Å². The highest BCUT2D eigenvalue weighted by molar-refractivity contribution is 5.76. The number of aliphatic imine (C=N–C) groups is 1. The smallest absolute Gasteiger partial charge is 0.354 e. The third kappa shape index (κ3) is 7.53. The van der Waals surface area contributed by atoms with E-state index in [1.807, 2.05) is 40.7 Å². The van der Waals surface area contributed by atoms with Crippen molar-refractivity contribution in [2.45, 2.75) is 47.6 Å². The molecule has 0 spiro atoms. The number of rotatable bonds is 7. The zero-order valence-corrected chi connectivity index (χ0v) is 19.0. The Morgan fingerprint density at radius 3 is 2.58 bits per heavy atom.